The highest BCUT2D eigenvalue weighted by Crippen LogP contribution is 2.20. The molecule has 1 aliphatic heterocycles. The van der Waals surface area contributed by atoms with Crippen LogP contribution >= 0.6 is 11.3 Å². The standard InChI is InChI=1S/C18H30N4O2S2/c1-14-20-17(12-25-14)11-22(2)18(21-16-6-4-3-5-7-16)19-10-15-8-9-26(23,24)13-15/h12,15-16H,3-11,13H2,1-2H3,(H,19,21). The minimum atomic E-state index is -2.85. The molecule has 3 rings (SSSR count). The number of hydrogen-bond acceptors (Lipinski definition) is 5. The number of sulfone groups is 1. The van der Waals surface area contributed by atoms with Crippen molar-refractivity contribution in [2.45, 2.75) is 58.0 Å². The number of aliphatic imine (C=N–C) groups is 1. The second-order valence-electron chi connectivity index (χ2n) is 7.63. The van der Waals surface area contributed by atoms with E-state index in [9.17, 15) is 8.42 Å². The molecule has 0 aromatic carbocycles. The lowest BCUT2D eigenvalue weighted by Crippen LogP contribution is -2.45. The Morgan fingerprint density at radius 1 is 1.35 bits per heavy atom. The second kappa shape index (κ2) is 8.69. The number of aromatic nitrogens is 1. The molecule has 0 bridgehead atoms. The smallest absolute Gasteiger partial charge is 0.194 e. The van der Waals surface area contributed by atoms with Crippen molar-refractivity contribution < 1.29 is 8.42 Å². The zero-order chi connectivity index (χ0) is 18.6. The highest BCUT2D eigenvalue weighted by molar-refractivity contribution is 7.91. The number of hydrogen-bond donors (Lipinski definition) is 1. The van der Waals surface area contributed by atoms with Crippen molar-refractivity contribution in [3.8, 4) is 0 Å². The molecule has 1 aliphatic carbocycles. The average Bonchev–Trinajstić information content (AvgIpc) is 3.17. The van der Waals surface area contributed by atoms with Crippen LogP contribution in [0.4, 0.5) is 0 Å². The van der Waals surface area contributed by atoms with Gasteiger partial charge >= 0.3 is 0 Å². The van der Waals surface area contributed by atoms with Gasteiger partial charge in [0.05, 0.1) is 28.8 Å². The summed E-state index contributed by atoms with van der Waals surface area (Å²) in [5.74, 6) is 1.62. The maximum atomic E-state index is 11.7. The van der Waals surface area contributed by atoms with E-state index in [0.717, 1.165) is 23.1 Å². The molecule has 1 aromatic rings. The molecular formula is C18H30N4O2S2. The summed E-state index contributed by atoms with van der Waals surface area (Å²) in [5, 5.41) is 6.79. The van der Waals surface area contributed by atoms with Gasteiger partial charge in [-0.25, -0.2) is 13.4 Å². The molecule has 1 atom stereocenters. The number of thiazole rings is 1. The molecule has 2 heterocycles. The van der Waals surface area contributed by atoms with E-state index < -0.39 is 9.84 Å². The number of nitrogens with zero attached hydrogens (tertiary/aromatic N) is 3. The summed E-state index contributed by atoms with van der Waals surface area (Å²) < 4.78 is 23.4. The van der Waals surface area contributed by atoms with Crippen LogP contribution in [0.25, 0.3) is 0 Å². The van der Waals surface area contributed by atoms with E-state index in [0.29, 0.717) is 24.9 Å². The average molecular weight is 399 g/mol. The van der Waals surface area contributed by atoms with Crippen molar-refractivity contribution in [2.24, 2.45) is 10.9 Å². The minimum Gasteiger partial charge on any atom is -0.354 e. The zero-order valence-electron chi connectivity index (χ0n) is 15.8. The van der Waals surface area contributed by atoms with Crippen molar-refractivity contribution in [3.05, 3.63) is 16.1 Å². The Bertz CT molecular complexity index is 723. The Hall–Kier alpha value is -1.15. The summed E-state index contributed by atoms with van der Waals surface area (Å²) in [7, 11) is -0.812. The molecule has 6 nitrogen and oxygen atoms in total. The first-order valence-electron chi connectivity index (χ1n) is 9.55. The van der Waals surface area contributed by atoms with Crippen molar-refractivity contribution in [1.82, 2.24) is 15.2 Å². The first-order valence-corrected chi connectivity index (χ1v) is 12.2. The lowest BCUT2D eigenvalue weighted by atomic mass is 9.96. The predicted molar refractivity (Wildman–Crippen MR) is 107 cm³/mol. The highest BCUT2D eigenvalue weighted by atomic mass is 32.2. The highest BCUT2D eigenvalue weighted by Gasteiger charge is 2.28. The third-order valence-corrected chi connectivity index (χ3v) is 7.85. The second-order valence-corrected chi connectivity index (χ2v) is 10.9. The quantitative estimate of drug-likeness (QED) is 0.609. The summed E-state index contributed by atoms with van der Waals surface area (Å²) >= 11 is 1.66. The molecule has 1 saturated carbocycles. The molecule has 0 spiro atoms. The third kappa shape index (κ3) is 5.67. The fraction of sp³-hybridized carbons (Fsp3) is 0.778. The monoisotopic (exact) mass is 398 g/mol. The first-order chi connectivity index (χ1) is 12.4. The fourth-order valence-electron chi connectivity index (χ4n) is 3.74. The van der Waals surface area contributed by atoms with Gasteiger partial charge in [0.1, 0.15) is 0 Å². The molecule has 26 heavy (non-hydrogen) atoms. The largest absolute Gasteiger partial charge is 0.354 e. The summed E-state index contributed by atoms with van der Waals surface area (Å²) in [6.07, 6.45) is 6.94. The van der Waals surface area contributed by atoms with E-state index in [-0.39, 0.29) is 11.7 Å². The van der Waals surface area contributed by atoms with E-state index in [1.54, 1.807) is 11.3 Å². The lowest BCUT2D eigenvalue weighted by molar-refractivity contribution is 0.384. The van der Waals surface area contributed by atoms with E-state index in [1.807, 2.05) is 14.0 Å². The molecule has 8 heteroatoms. The van der Waals surface area contributed by atoms with Crippen molar-refractivity contribution >= 4 is 27.1 Å². The summed E-state index contributed by atoms with van der Waals surface area (Å²) in [5.41, 5.74) is 1.05. The molecule has 0 radical (unpaired) electrons. The van der Waals surface area contributed by atoms with Crippen LogP contribution in [0.3, 0.4) is 0 Å². The van der Waals surface area contributed by atoms with Crippen LogP contribution in [0, 0.1) is 12.8 Å². The molecular weight excluding hydrogens is 368 g/mol. The van der Waals surface area contributed by atoms with Gasteiger partial charge in [-0.15, -0.1) is 11.3 Å². The first kappa shape index (κ1) is 19.6. The molecule has 1 aromatic heterocycles. The third-order valence-electron chi connectivity index (χ3n) is 5.19. The molecule has 2 fully saturated rings. The van der Waals surface area contributed by atoms with Crippen LogP contribution in [0.5, 0.6) is 0 Å². The number of aryl methyl sites for hydroxylation is 1. The van der Waals surface area contributed by atoms with Crippen LogP contribution in [0.2, 0.25) is 0 Å². The molecule has 1 N–H and O–H groups in total. The normalized spacial score (nSPS) is 23.9. The van der Waals surface area contributed by atoms with Gasteiger partial charge in [0.2, 0.25) is 0 Å². The Morgan fingerprint density at radius 2 is 2.12 bits per heavy atom. The van der Waals surface area contributed by atoms with Gasteiger partial charge in [0.25, 0.3) is 0 Å². The summed E-state index contributed by atoms with van der Waals surface area (Å²) in [6.45, 7) is 3.31. The SMILES string of the molecule is Cc1nc(CN(C)C(=NCC2CCS(=O)(=O)C2)NC2CCCCC2)cs1. The number of nitrogens with one attached hydrogen (secondary N) is 1. The topological polar surface area (TPSA) is 74.7 Å². The Kier molecular flexibility index (Phi) is 6.55. The van der Waals surface area contributed by atoms with Gasteiger partial charge in [-0.3, -0.25) is 4.99 Å². The van der Waals surface area contributed by atoms with Gasteiger partial charge in [0.15, 0.2) is 15.8 Å². The van der Waals surface area contributed by atoms with E-state index >= 15 is 0 Å². The van der Waals surface area contributed by atoms with E-state index in [1.165, 1.54) is 32.1 Å². The van der Waals surface area contributed by atoms with Crippen LogP contribution in [0.1, 0.15) is 49.2 Å². The van der Waals surface area contributed by atoms with Gasteiger partial charge in [-0.2, -0.15) is 0 Å². The van der Waals surface area contributed by atoms with Gasteiger partial charge in [0, 0.05) is 25.0 Å². The Labute approximate surface area is 161 Å². The van der Waals surface area contributed by atoms with Crippen molar-refractivity contribution in [2.75, 3.05) is 25.1 Å². The van der Waals surface area contributed by atoms with Crippen molar-refractivity contribution in [3.63, 3.8) is 0 Å². The van der Waals surface area contributed by atoms with Crippen LogP contribution in [0.15, 0.2) is 10.4 Å². The molecule has 1 saturated heterocycles. The zero-order valence-corrected chi connectivity index (χ0v) is 17.4. The van der Waals surface area contributed by atoms with Crippen LogP contribution in [-0.4, -0.2) is 55.4 Å². The van der Waals surface area contributed by atoms with Crippen molar-refractivity contribution in [1.29, 1.82) is 0 Å². The molecule has 0 amide bonds. The lowest BCUT2D eigenvalue weighted by Gasteiger charge is -2.29. The van der Waals surface area contributed by atoms with Crippen LogP contribution < -0.4 is 5.32 Å². The molecule has 2 aliphatic rings. The number of rotatable bonds is 5. The Morgan fingerprint density at radius 3 is 2.73 bits per heavy atom. The molecule has 1 unspecified atom stereocenters. The summed E-state index contributed by atoms with van der Waals surface area (Å²) in [4.78, 5) is 11.5. The fourth-order valence-corrected chi connectivity index (χ4v) is 6.19. The molecule has 146 valence electrons. The van der Waals surface area contributed by atoms with E-state index in [2.05, 4.69) is 20.6 Å². The Balaban J connectivity index is 1.66. The minimum absolute atomic E-state index is 0.151. The van der Waals surface area contributed by atoms with Gasteiger partial charge in [-0.1, -0.05) is 19.3 Å². The van der Waals surface area contributed by atoms with Crippen LogP contribution in [-0.2, 0) is 16.4 Å². The van der Waals surface area contributed by atoms with E-state index in [4.69, 9.17) is 4.99 Å². The maximum Gasteiger partial charge on any atom is 0.194 e. The van der Waals surface area contributed by atoms with Gasteiger partial charge in [-0.05, 0) is 32.1 Å². The predicted octanol–water partition coefficient (Wildman–Crippen LogP) is 2.60. The maximum absolute atomic E-state index is 11.7. The number of guanidine groups is 1. The summed E-state index contributed by atoms with van der Waals surface area (Å²) in [6, 6.07) is 0.467. The van der Waals surface area contributed by atoms with Gasteiger partial charge < -0.3 is 10.2 Å².